The van der Waals surface area contributed by atoms with Gasteiger partial charge in [-0.2, -0.15) is 0 Å². The van der Waals surface area contributed by atoms with Gasteiger partial charge in [0.15, 0.2) is 0 Å². The first-order valence-electron chi connectivity index (χ1n) is 5.19. The maximum absolute atomic E-state index is 10.9. The average Bonchev–Trinajstić information content (AvgIpc) is 2.06. The van der Waals surface area contributed by atoms with Gasteiger partial charge in [0.05, 0.1) is 0 Å². The van der Waals surface area contributed by atoms with E-state index in [1.807, 2.05) is 13.8 Å². The average molecular weight is 186 g/mol. The molecule has 1 fully saturated rings. The molecule has 0 amide bonds. The molecule has 78 valence electrons. The molecule has 13 heavy (non-hydrogen) atoms. The normalized spacial score (nSPS) is 22.8. The van der Waals surface area contributed by atoms with Crippen LogP contribution in [0.25, 0.3) is 0 Å². The van der Waals surface area contributed by atoms with Gasteiger partial charge in [0.2, 0.25) is 0 Å². The topological polar surface area (TPSA) is 26.3 Å². The van der Waals surface area contributed by atoms with E-state index in [-0.39, 0.29) is 17.5 Å². The molecule has 1 heterocycles. The molecule has 2 heteroatoms. The van der Waals surface area contributed by atoms with E-state index in [0.717, 1.165) is 12.8 Å². The van der Waals surface area contributed by atoms with Crippen molar-refractivity contribution in [3.8, 4) is 0 Å². The van der Waals surface area contributed by atoms with E-state index in [1.165, 1.54) is 0 Å². The molecule has 0 radical (unpaired) electrons. The van der Waals surface area contributed by atoms with E-state index in [2.05, 4.69) is 20.8 Å². The van der Waals surface area contributed by atoms with E-state index in [4.69, 9.17) is 4.74 Å². The first kappa shape index (κ1) is 12.5. The molecular weight excluding hydrogens is 164 g/mol. The lowest BCUT2D eigenvalue weighted by atomic mass is 9.85. The molecule has 0 spiro atoms. The SMILES string of the molecule is CC.CC(C)(C)C1CCCC(=O)O1. The largest absolute Gasteiger partial charge is 0.462 e. The third-order valence-corrected chi connectivity index (χ3v) is 2.09. The van der Waals surface area contributed by atoms with Crippen molar-refractivity contribution in [1.82, 2.24) is 0 Å². The van der Waals surface area contributed by atoms with Crippen molar-refractivity contribution in [3.63, 3.8) is 0 Å². The summed E-state index contributed by atoms with van der Waals surface area (Å²) in [5.41, 5.74) is 0.107. The first-order chi connectivity index (χ1) is 6.00. The van der Waals surface area contributed by atoms with Crippen molar-refractivity contribution in [2.24, 2.45) is 5.41 Å². The molecule has 1 rings (SSSR count). The summed E-state index contributed by atoms with van der Waals surface area (Å²) in [5, 5.41) is 0. The Bertz CT molecular complexity index is 156. The summed E-state index contributed by atoms with van der Waals surface area (Å²) in [6.45, 7) is 10.3. The van der Waals surface area contributed by atoms with Gasteiger partial charge in [-0.3, -0.25) is 4.79 Å². The maximum atomic E-state index is 10.9. The minimum atomic E-state index is -0.0313. The lowest BCUT2D eigenvalue weighted by Crippen LogP contribution is -2.34. The number of hydrogen-bond acceptors (Lipinski definition) is 2. The Morgan fingerprint density at radius 1 is 1.31 bits per heavy atom. The number of rotatable bonds is 0. The van der Waals surface area contributed by atoms with E-state index >= 15 is 0 Å². The van der Waals surface area contributed by atoms with Gasteiger partial charge in [-0.25, -0.2) is 0 Å². The van der Waals surface area contributed by atoms with E-state index < -0.39 is 0 Å². The van der Waals surface area contributed by atoms with Crippen molar-refractivity contribution in [3.05, 3.63) is 0 Å². The van der Waals surface area contributed by atoms with E-state index in [0.29, 0.717) is 6.42 Å². The predicted molar refractivity (Wildman–Crippen MR) is 54.5 cm³/mol. The van der Waals surface area contributed by atoms with Crippen LogP contribution in [0.5, 0.6) is 0 Å². The zero-order chi connectivity index (χ0) is 10.5. The van der Waals surface area contributed by atoms with Gasteiger partial charge in [-0.05, 0) is 18.3 Å². The molecule has 1 unspecified atom stereocenters. The fourth-order valence-electron chi connectivity index (χ4n) is 1.32. The Balaban J connectivity index is 0.000000671. The van der Waals surface area contributed by atoms with Crippen LogP contribution in [0.3, 0.4) is 0 Å². The van der Waals surface area contributed by atoms with Crippen LogP contribution in [0.2, 0.25) is 0 Å². The molecule has 0 aromatic rings. The molecule has 0 aliphatic carbocycles. The van der Waals surface area contributed by atoms with Crippen LogP contribution in [0.15, 0.2) is 0 Å². The fourth-order valence-corrected chi connectivity index (χ4v) is 1.32. The van der Waals surface area contributed by atoms with Crippen LogP contribution in [0, 0.1) is 5.41 Å². The van der Waals surface area contributed by atoms with E-state index in [1.54, 1.807) is 0 Å². The maximum Gasteiger partial charge on any atom is 0.306 e. The van der Waals surface area contributed by atoms with E-state index in [9.17, 15) is 4.79 Å². The Morgan fingerprint density at radius 3 is 2.15 bits per heavy atom. The third-order valence-electron chi connectivity index (χ3n) is 2.09. The molecule has 0 aromatic carbocycles. The molecule has 1 atom stereocenters. The van der Waals surface area contributed by atoms with Crippen LogP contribution < -0.4 is 0 Å². The Labute approximate surface area is 81.7 Å². The number of carbonyl (C=O) groups is 1. The molecule has 1 aliphatic heterocycles. The summed E-state index contributed by atoms with van der Waals surface area (Å²) in [5.74, 6) is -0.0313. The standard InChI is InChI=1S/C9H16O2.C2H6/c1-9(2,3)7-5-4-6-8(10)11-7;1-2/h7H,4-6H2,1-3H3;1-2H3. The smallest absolute Gasteiger partial charge is 0.306 e. The minimum absolute atomic E-state index is 0.0313. The summed E-state index contributed by atoms with van der Waals surface area (Å²) in [6, 6.07) is 0. The number of cyclic esters (lactones) is 1. The number of ether oxygens (including phenoxy) is 1. The van der Waals surface area contributed by atoms with Gasteiger partial charge in [-0.1, -0.05) is 34.6 Å². The summed E-state index contributed by atoms with van der Waals surface area (Å²) in [7, 11) is 0. The molecule has 1 aliphatic rings. The van der Waals surface area contributed by atoms with Gasteiger partial charge in [0, 0.05) is 6.42 Å². The summed E-state index contributed by atoms with van der Waals surface area (Å²) in [4.78, 5) is 10.9. The summed E-state index contributed by atoms with van der Waals surface area (Å²) in [6.07, 6.45) is 2.74. The molecule has 2 nitrogen and oxygen atoms in total. The second-order valence-corrected chi connectivity index (χ2v) is 4.24. The van der Waals surface area contributed by atoms with Crippen LogP contribution in [-0.4, -0.2) is 12.1 Å². The highest BCUT2D eigenvalue weighted by molar-refractivity contribution is 5.70. The highest BCUT2D eigenvalue weighted by Gasteiger charge is 2.30. The van der Waals surface area contributed by atoms with Crippen molar-refractivity contribution in [2.45, 2.75) is 60.0 Å². The Morgan fingerprint density at radius 2 is 1.85 bits per heavy atom. The highest BCUT2D eigenvalue weighted by atomic mass is 16.5. The van der Waals surface area contributed by atoms with Gasteiger partial charge in [-0.15, -0.1) is 0 Å². The molecule has 0 saturated carbocycles. The number of hydrogen-bond donors (Lipinski definition) is 0. The lowest BCUT2D eigenvalue weighted by Gasteiger charge is -2.32. The third kappa shape index (κ3) is 4.30. The van der Waals surface area contributed by atoms with Crippen molar-refractivity contribution >= 4 is 5.97 Å². The number of carbonyl (C=O) groups excluding carboxylic acids is 1. The van der Waals surface area contributed by atoms with Crippen LogP contribution in [0.1, 0.15) is 53.9 Å². The molecule has 1 saturated heterocycles. The number of esters is 1. The quantitative estimate of drug-likeness (QED) is 0.543. The van der Waals surface area contributed by atoms with Gasteiger partial charge in [0.1, 0.15) is 6.10 Å². The van der Waals surface area contributed by atoms with Gasteiger partial charge in [0.25, 0.3) is 0 Å². The van der Waals surface area contributed by atoms with Crippen molar-refractivity contribution in [1.29, 1.82) is 0 Å². The predicted octanol–water partition coefficient (Wildman–Crippen LogP) is 3.15. The zero-order valence-corrected chi connectivity index (χ0v) is 9.52. The second kappa shape index (κ2) is 5.25. The highest BCUT2D eigenvalue weighted by Crippen LogP contribution is 2.29. The monoisotopic (exact) mass is 186 g/mol. The lowest BCUT2D eigenvalue weighted by molar-refractivity contribution is -0.160. The summed E-state index contributed by atoms with van der Waals surface area (Å²) >= 11 is 0. The Kier molecular flexibility index (Phi) is 5.04. The molecule has 0 aromatic heterocycles. The fraction of sp³-hybridized carbons (Fsp3) is 0.909. The van der Waals surface area contributed by atoms with Gasteiger partial charge >= 0.3 is 5.97 Å². The minimum Gasteiger partial charge on any atom is -0.462 e. The van der Waals surface area contributed by atoms with Crippen molar-refractivity contribution in [2.75, 3.05) is 0 Å². The van der Waals surface area contributed by atoms with Crippen LogP contribution in [-0.2, 0) is 9.53 Å². The molecule has 0 bridgehead atoms. The Hall–Kier alpha value is -0.530. The molecule has 0 N–H and O–H groups in total. The second-order valence-electron chi connectivity index (χ2n) is 4.24. The zero-order valence-electron chi connectivity index (χ0n) is 9.52. The van der Waals surface area contributed by atoms with Gasteiger partial charge < -0.3 is 4.74 Å². The summed E-state index contributed by atoms with van der Waals surface area (Å²) < 4.78 is 5.21. The van der Waals surface area contributed by atoms with Crippen molar-refractivity contribution < 1.29 is 9.53 Å². The van der Waals surface area contributed by atoms with Crippen LogP contribution >= 0.6 is 0 Å². The van der Waals surface area contributed by atoms with Crippen LogP contribution in [0.4, 0.5) is 0 Å². The first-order valence-corrected chi connectivity index (χ1v) is 5.19. The molecular formula is C11H22O2.